The molecule has 1 aromatic carbocycles. The number of rotatable bonds is 4. The lowest BCUT2D eigenvalue weighted by molar-refractivity contribution is -0.0329. The van der Waals surface area contributed by atoms with Gasteiger partial charge in [0.25, 0.3) is 0 Å². The van der Waals surface area contributed by atoms with Gasteiger partial charge >= 0.3 is 5.51 Å². The van der Waals surface area contributed by atoms with Crippen molar-refractivity contribution in [1.82, 2.24) is 0 Å². The maximum absolute atomic E-state index is 13.6. The van der Waals surface area contributed by atoms with Crippen molar-refractivity contribution in [2.75, 3.05) is 0 Å². The third-order valence-corrected chi connectivity index (χ3v) is 2.73. The summed E-state index contributed by atoms with van der Waals surface area (Å²) in [7, 11) is 0. The average Bonchev–Trinajstić information content (AvgIpc) is 2.17. The molecule has 1 aromatic rings. The fourth-order valence-corrected chi connectivity index (χ4v) is 1.88. The van der Waals surface area contributed by atoms with Crippen LogP contribution in [0.2, 0.25) is 0 Å². The van der Waals surface area contributed by atoms with E-state index in [-0.39, 0.29) is 4.90 Å². The molecule has 1 radical (unpaired) electrons. The van der Waals surface area contributed by atoms with Crippen molar-refractivity contribution >= 4 is 11.8 Å². The number of halogens is 4. The molecule has 0 saturated heterocycles. The molecule has 0 saturated carbocycles. The molecule has 0 atom stereocenters. The summed E-state index contributed by atoms with van der Waals surface area (Å²) in [6.07, 6.45) is 1.72. The normalized spacial score (nSPS) is 11.8. The smallest absolute Gasteiger partial charge is 0.205 e. The minimum atomic E-state index is -4.45. The van der Waals surface area contributed by atoms with Gasteiger partial charge in [-0.15, -0.1) is 0 Å². The predicted molar refractivity (Wildman–Crippen MR) is 56.6 cm³/mol. The first-order chi connectivity index (χ1) is 7.44. The van der Waals surface area contributed by atoms with Crippen molar-refractivity contribution in [2.45, 2.75) is 29.7 Å². The summed E-state index contributed by atoms with van der Waals surface area (Å²) in [5, 5.41) is 0. The predicted octanol–water partition coefficient (Wildman–Crippen LogP) is 4.59. The van der Waals surface area contributed by atoms with Crippen molar-refractivity contribution in [3.63, 3.8) is 0 Å². The standard InChI is InChI=1S/C11H11F4S/c1-2-3-5-8-6-4-7-9(10(8)12)16-11(13,14)15/h4,6-7H,1-3,5H2. The van der Waals surface area contributed by atoms with Gasteiger partial charge < -0.3 is 0 Å². The molecule has 1 rings (SSSR count). The summed E-state index contributed by atoms with van der Waals surface area (Å²) in [5.74, 6) is -0.765. The lowest BCUT2D eigenvalue weighted by atomic mass is 10.1. The molecular formula is C11H11F4S. The average molecular weight is 251 g/mol. The van der Waals surface area contributed by atoms with Gasteiger partial charge in [0.15, 0.2) is 0 Å². The molecule has 5 heteroatoms. The Morgan fingerprint density at radius 1 is 1.25 bits per heavy atom. The number of alkyl halides is 3. The van der Waals surface area contributed by atoms with Crippen LogP contribution in [0, 0.1) is 12.7 Å². The van der Waals surface area contributed by atoms with E-state index in [4.69, 9.17) is 0 Å². The van der Waals surface area contributed by atoms with Crippen LogP contribution in [0.3, 0.4) is 0 Å². The second-order valence-corrected chi connectivity index (χ2v) is 4.34. The molecular weight excluding hydrogens is 240 g/mol. The monoisotopic (exact) mass is 251 g/mol. The van der Waals surface area contributed by atoms with Crippen molar-refractivity contribution in [2.24, 2.45) is 0 Å². The Morgan fingerprint density at radius 2 is 1.94 bits per heavy atom. The number of thioether (sulfide) groups is 1. The fraction of sp³-hybridized carbons (Fsp3) is 0.364. The zero-order valence-electron chi connectivity index (χ0n) is 8.48. The van der Waals surface area contributed by atoms with E-state index in [1.807, 2.05) is 0 Å². The minimum absolute atomic E-state index is 0.318. The second kappa shape index (κ2) is 5.57. The van der Waals surface area contributed by atoms with E-state index in [2.05, 4.69) is 6.92 Å². The highest BCUT2D eigenvalue weighted by Crippen LogP contribution is 2.38. The molecule has 0 nitrogen and oxygen atoms in total. The molecule has 0 spiro atoms. The number of benzene rings is 1. The molecule has 0 amide bonds. The SMILES string of the molecule is [CH2]CCCc1cccc(SC(F)(F)F)c1F. The van der Waals surface area contributed by atoms with Crippen LogP contribution in [0.4, 0.5) is 17.6 Å². The van der Waals surface area contributed by atoms with Gasteiger partial charge in [0.1, 0.15) is 5.82 Å². The Balaban J connectivity index is 2.86. The minimum Gasteiger partial charge on any atom is -0.205 e. The van der Waals surface area contributed by atoms with Gasteiger partial charge in [-0.05, 0) is 36.2 Å². The van der Waals surface area contributed by atoms with Gasteiger partial charge in [0, 0.05) is 0 Å². The van der Waals surface area contributed by atoms with Gasteiger partial charge in [-0.3, -0.25) is 0 Å². The molecule has 0 fully saturated rings. The van der Waals surface area contributed by atoms with E-state index in [9.17, 15) is 17.6 Å². The molecule has 0 aromatic heterocycles. The number of aryl methyl sites for hydroxylation is 1. The Labute approximate surface area is 96.0 Å². The van der Waals surface area contributed by atoms with Gasteiger partial charge in [-0.1, -0.05) is 25.5 Å². The number of hydrogen-bond donors (Lipinski definition) is 0. The van der Waals surface area contributed by atoms with Crippen LogP contribution in [-0.2, 0) is 6.42 Å². The third-order valence-electron chi connectivity index (χ3n) is 1.97. The van der Waals surface area contributed by atoms with Gasteiger partial charge in [0.2, 0.25) is 0 Å². The highest BCUT2D eigenvalue weighted by Gasteiger charge is 2.30. The van der Waals surface area contributed by atoms with E-state index < -0.39 is 23.1 Å². The zero-order chi connectivity index (χ0) is 12.2. The highest BCUT2D eigenvalue weighted by atomic mass is 32.2. The van der Waals surface area contributed by atoms with Crippen molar-refractivity contribution < 1.29 is 17.6 Å². The summed E-state index contributed by atoms with van der Waals surface area (Å²) in [5.41, 5.74) is -4.14. The van der Waals surface area contributed by atoms with Crippen molar-refractivity contribution in [1.29, 1.82) is 0 Å². The Morgan fingerprint density at radius 3 is 2.50 bits per heavy atom. The summed E-state index contributed by atoms with van der Waals surface area (Å²) in [6.45, 7) is 3.60. The first kappa shape index (κ1) is 13.4. The van der Waals surface area contributed by atoms with Crippen LogP contribution >= 0.6 is 11.8 Å². The Kier molecular flexibility index (Phi) is 4.65. The molecule has 16 heavy (non-hydrogen) atoms. The first-order valence-corrected chi connectivity index (χ1v) is 5.58. The lowest BCUT2D eigenvalue weighted by Crippen LogP contribution is -2.02. The molecule has 0 heterocycles. The summed E-state index contributed by atoms with van der Waals surface area (Å²) >= 11 is -0.416. The van der Waals surface area contributed by atoms with Crippen molar-refractivity contribution in [3.8, 4) is 0 Å². The van der Waals surface area contributed by atoms with Gasteiger partial charge in [-0.2, -0.15) is 13.2 Å². The third kappa shape index (κ3) is 4.04. The van der Waals surface area contributed by atoms with Gasteiger partial charge in [-0.25, -0.2) is 4.39 Å². The largest absolute Gasteiger partial charge is 0.446 e. The summed E-state index contributed by atoms with van der Waals surface area (Å²) in [4.78, 5) is -0.367. The second-order valence-electron chi connectivity index (χ2n) is 3.23. The highest BCUT2D eigenvalue weighted by molar-refractivity contribution is 8.00. The van der Waals surface area contributed by atoms with Crippen LogP contribution in [0.25, 0.3) is 0 Å². The lowest BCUT2D eigenvalue weighted by Gasteiger charge is -2.09. The molecule has 0 bridgehead atoms. The molecule has 89 valence electrons. The van der Waals surface area contributed by atoms with E-state index in [0.717, 1.165) is 6.07 Å². The zero-order valence-corrected chi connectivity index (χ0v) is 9.30. The van der Waals surface area contributed by atoms with Crippen molar-refractivity contribution in [3.05, 3.63) is 36.5 Å². The van der Waals surface area contributed by atoms with Crippen LogP contribution < -0.4 is 0 Å². The summed E-state index contributed by atoms with van der Waals surface area (Å²) in [6, 6.07) is 4.09. The van der Waals surface area contributed by atoms with Crippen LogP contribution in [0.1, 0.15) is 18.4 Å². The van der Waals surface area contributed by atoms with E-state index in [0.29, 0.717) is 24.8 Å². The maximum Gasteiger partial charge on any atom is 0.446 e. The fourth-order valence-electron chi connectivity index (χ4n) is 1.27. The van der Waals surface area contributed by atoms with Crippen LogP contribution in [0.15, 0.2) is 23.1 Å². The Bertz CT molecular complexity index is 346. The Hall–Kier alpha value is -0.710. The molecule has 0 aliphatic rings. The number of hydrogen-bond acceptors (Lipinski definition) is 1. The van der Waals surface area contributed by atoms with Crippen LogP contribution in [0.5, 0.6) is 0 Å². The quantitative estimate of drug-likeness (QED) is 0.557. The molecule has 0 aliphatic heterocycles. The molecule has 0 N–H and O–H groups in total. The van der Waals surface area contributed by atoms with E-state index in [1.54, 1.807) is 0 Å². The van der Waals surface area contributed by atoms with E-state index >= 15 is 0 Å². The topological polar surface area (TPSA) is 0 Å². The van der Waals surface area contributed by atoms with E-state index in [1.165, 1.54) is 12.1 Å². The first-order valence-electron chi connectivity index (χ1n) is 4.76. The summed E-state index contributed by atoms with van der Waals surface area (Å²) < 4.78 is 49.9. The molecule has 0 aliphatic carbocycles. The van der Waals surface area contributed by atoms with Gasteiger partial charge in [0.05, 0.1) is 4.90 Å². The van der Waals surface area contributed by atoms with Crippen LogP contribution in [-0.4, -0.2) is 5.51 Å². The number of unbranched alkanes of at least 4 members (excludes halogenated alkanes) is 1. The molecule has 0 unspecified atom stereocenters. The maximum atomic E-state index is 13.6.